The van der Waals surface area contributed by atoms with E-state index < -0.39 is 0 Å². The molecule has 7 nitrogen and oxygen atoms in total. The van der Waals surface area contributed by atoms with Crippen LogP contribution in [0.1, 0.15) is 34.7 Å². The van der Waals surface area contributed by atoms with E-state index in [1.54, 1.807) is 12.1 Å². The van der Waals surface area contributed by atoms with Crippen LogP contribution in [0.15, 0.2) is 40.2 Å². The molecule has 0 saturated carbocycles. The monoisotopic (exact) mass is 393 g/mol. The summed E-state index contributed by atoms with van der Waals surface area (Å²) in [5.74, 6) is 1.01. The van der Waals surface area contributed by atoms with Crippen molar-refractivity contribution in [3.8, 4) is 0 Å². The largest absolute Gasteiger partial charge is 0.339 e. The number of anilines is 1. The average molecular weight is 394 g/mol. The van der Waals surface area contributed by atoms with Crippen LogP contribution >= 0.6 is 23.7 Å². The van der Waals surface area contributed by atoms with Crippen LogP contribution in [0.2, 0.25) is 0 Å². The maximum absolute atomic E-state index is 12.1. The number of nitrogens with one attached hydrogen (secondary N) is 2. The van der Waals surface area contributed by atoms with Crippen LogP contribution in [0.25, 0.3) is 0 Å². The van der Waals surface area contributed by atoms with Gasteiger partial charge in [-0.2, -0.15) is 4.98 Å². The van der Waals surface area contributed by atoms with Gasteiger partial charge in [0.25, 0.3) is 5.91 Å². The molecule has 0 aliphatic heterocycles. The van der Waals surface area contributed by atoms with Crippen molar-refractivity contribution in [1.29, 1.82) is 0 Å². The smallest absolute Gasteiger partial charge is 0.257 e. The molecule has 1 unspecified atom stereocenters. The first kappa shape index (κ1) is 20.0. The van der Waals surface area contributed by atoms with E-state index in [-0.39, 0.29) is 24.4 Å². The number of carbonyl (C=O) groups excluding carboxylic acids is 1. The molecule has 1 amide bonds. The van der Waals surface area contributed by atoms with Gasteiger partial charge in [0.05, 0.1) is 12.1 Å². The first-order valence-electron chi connectivity index (χ1n) is 7.93. The topological polar surface area (TPSA) is 92.9 Å². The Morgan fingerprint density at radius 1 is 1.27 bits per heavy atom. The first-order chi connectivity index (χ1) is 12.1. The number of thiazole rings is 1. The molecule has 3 rings (SSSR count). The normalized spacial score (nSPS) is 11.6. The summed E-state index contributed by atoms with van der Waals surface area (Å²) in [6.45, 7) is 2.05. The third-order valence-electron chi connectivity index (χ3n) is 3.63. The molecule has 1 aromatic carbocycles. The molecule has 1 atom stereocenters. The molecule has 9 heteroatoms. The third-order valence-corrected chi connectivity index (χ3v) is 4.44. The summed E-state index contributed by atoms with van der Waals surface area (Å²) in [5.41, 5.74) is 1.38. The zero-order valence-corrected chi connectivity index (χ0v) is 16.1. The van der Waals surface area contributed by atoms with Crippen molar-refractivity contribution in [2.24, 2.45) is 0 Å². The fourth-order valence-corrected chi connectivity index (χ4v) is 2.89. The van der Waals surface area contributed by atoms with Crippen LogP contribution in [0.4, 0.5) is 5.13 Å². The second kappa shape index (κ2) is 9.42. The Morgan fingerprint density at radius 2 is 2.04 bits per heavy atom. The van der Waals surface area contributed by atoms with Crippen molar-refractivity contribution in [3.63, 3.8) is 0 Å². The molecule has 0 aliphatic rings. The van der Waals surface area contributed by atoms with Gasteiger partial charge >= 0.3 is 0 Å². The van der Waals surface area contributed by atoms with E-state index in [2.05, 4.69) is 32.7 Å². The highest BCUT2D eigenvalue weighted by molar-refractivity contribution is 7.14. The van der Waals surface area contributed by atoms with Crippen molar-refractivity contribution < 1.29 is 9.32 Å². The number of hydrogen-bond donors (Lipinski definition) is 2. The summed E-state index contributed by atoms with van der Waals surface area (Å²) in [6, 6.07) is 9.32. The number of benzene rings is 1. The molecule has 0 bridgehead atoms. The molecule has 0 spiro atoms. The van der Waals surface area contributed by atoms with Crippen molar-refractivity contribution in [2.45, 2.75) is 25.8 Å². The van der Waals surface area contributed by atoms with E-state index in [0.717, 1.165) is 5.69 Å². The number of hydrogen-bond acceptors (Lipinski definition) is 7. The maximum atomic E-state index is 12.1. The van der Waals surface area contributed by atoms with Crippen molar-refractivity contribution >= 4 is 34.8 Å². The molecule has 0 saturated heterocycles. The molecule has 2 aromatic heterocycles. The predicted molar refractivity (Wildman–Crippen MR) is 103 cm³/mol. The van der Waals surface area contributed by atoms with Crippen LogP contribution in [0.3, 0.4) is 0 Å². The summed E-state index contributed by atoms with van der Waals surface area (Å²) in [6.07, 6.45) is 1.15. The number of likely N-dealkylation sites (N-methyl/N-ethyl adjacent to an activating group) is 1. The number of rotatable bonds is 7. The maximum Gasteiger partial charge on any atom is 0.257 e. The number of carbonyl (C=O) groups is 1. The summed E-state index contributed by atoms with van der Waals surface area (Å²) in [7, 11) is 1.90. The van der Waals surface area contributed by atoms with Crippen LogP contribution < -0.4 is 10.6 Å². The molecule has 26 heavy (non-hydrogen) atoms. The minimum Gasteiger partial charge on any atom is -0.339 e. The SMILES string of the molecule is CNC(C)Cc1noc(Cc2csc(NC(=O)c3ccccc3)n2)n1.Cl. The van der Waals surface area contributed by atoms with E-state index in [1.807, 2.05) is 30.6 Å². The minimum absolute atomic E-state index is 0. The van der Waals surface area contributed by atoms with Crippen LogP contribution in [0.5, 0.6) is 0 Å². The highest BCUT2D eigenvalue weighted by Crippen LogP contribution is 2.18. The lowest BCUT2D eigenvalue weighted by molar-refractivity contribution is 0.102. The lowest BCUT2D eigenvalue weighted by atomic mass is 10.2. The molecular formula is C17H20ClN5O2S. The lowest BCUT2D eigenvalue weighted by Gasteiger charge is -2.04. The van der Waals surface area contributed by atoms with Gasteiger partial charge in [-0.25, -0.2) is 4.98 Å². The van der Waals surface area contributed by atoms with Crippen molar-refractivity contribution in [1.82, 2.24) is 20.4 Å². The van der Waals surface area contributed by atoms with Crippen molar-refractivity contribution in [3.05, 3.63) is 58.7 Å². The molecule has 2 N–H and O–H groups in total. The summed E-state index contributed by atoms with van der Waals surface area (Å²) in [4.78, 5) is 20.9. The first-order valence-corrected chi connectivity index (χ1v) is 8.81. The Balaban J connectivity index is 0.00000243. The Morgan fingerprint density at radius 3 is 2.77 bits per heavy atom. The summed E-state index contributed by atoms with van der Waals surface area (Å²) in [5, 5.41) is 12.3. The number of halogens is 1. The van der Waals surface area contributed by atoms with Crippen LogP contribution in [-0.2, 0) is 12.8 Å². The standard InChI is InChI=1S/C17H19N5O2S.ClH/c1-11(18-2)8-14-20-15(24-22-14)9-13-10-25-17(19-13)21-16(23)12-6-4-3-5-7-12;/h3-7,10-11,18H,8-9H2,1-2H3,(H,19,21,23);1H. The highest BCUT2D eigenvalue weighted by atomic mass is 35.5. The Bertz CT molecular complexity index is 837. The van der Waals surface area contributed by atoms with Gasteiger partial charge in [-0.15, -0.1) is 23.7 Å². The Labute approximate surface area is 161 Å². The minimum atomic E-state index is -0.178. The van der Waals surface area contributed by atoms with E-state index in [4.69, 9.17) is 4.52 Å². The van der Waals surface area contributed by atoms with Gasteiger partial charge in [-0.3, -0.25) is 10.1 Å². The van der Waals surface area contributed by atoms with Crippen LogP contribution in [-0.4, -0.2) is 34.1 Å². The number of nitrogens with zero attached hydrogens (tertiary/aromatic N) is 3. The molecule has 0 radical (unpaired) electrons. The quantitative estimate of drug-likeness (QED) is 0.641. The van der Waals surface area contributed by atoms with Gasteiger partial charge in [0, 0.05) is 23.4 Å². The van der Waals surface area contributed by atoms with Gasteiger partial charge in [0.1, 0.15) is 0 Å². The van der Waals surface area contributed by atoms with Gasteiger partial charge in [0.2, 0.25) is 5.89 Å². The zero-order chi connectivity index (χ0) is 17.6. The Kier molecular flexibility index (Phi) is 7.26. The summed E-state index contributed by atoms with van der Waals surface area (Å²) >= 11 is 1.37. The van der Waals surface area contributed by atoms with Gasteiger partial charge in [0.15, 0.2) is 11.0 Å². The number of amides is 1. The second-order valence-corrected chi connectivity index (χ2v) is 6.50. The lowest BCUT2D eigenvalue weighted by Crippen LogP contribution is -2.24. The van der Waals surface area contributed by atoms with E-state index in [1.165, 1.54) is 11.3 Å². The third kappa shape index (κ3) is 5.35. The van der Waals surface area contributed by atoms with Gasteiger partial charge < -0.3 is 9.84 Å². The van der Waals surface area contributed by atoms with Gasteiger partial charge in [-0.05, 0) is 26.1 Å². The zero-order valence-electron chi connectivity index (χ0n) is 14.4. The molecule has 0 aliphatic carbocycles. The molecule has 0 fully saturated rings. The van der Waals surface area contributed by atoms with Crippen molar-refractivity contribution in [2.75, 3.05) is 12.4 Å². The second-order valence-electron chi connectivity index (χ2n) is 5.64. The molecule has 138 valence electrons. The predicted octanol–water partition coefficient (Wildman–Crippen LogP) is 2.94. The average Bonchev–Trinajstić information content (AvgIpc) is 3.25. The van der Waals surface area contributed by atoms with E-state index in [0.29, 0.717) is 35.3 Å². The van der Waals surface area contributed by atoms with E-state index >= 15 is 0 Å². The Hall–Kier alpha value is -2.29. The number of aromatic nitrogens is 3. The van der Waals surface area contributed by atoms with E-state index in [9.17, 15) is 4.79 Å². The fourth-order valence-electron chi connectivity index (χ4n) is 2.18. The molecular weight excluding hydrogens is 374 g/mol. The molecule has 3 aromatic rings. The summed E-state index contributed by atoms with van der Waals surface area (Å²) < 4.78 is 5.26. The molecule has 2 heterocycles. The fraction of sp³-hybridized carbons (Fsp3) is 0.294. The van der Waals surface area contributed by atoms with Gasteiger partial charge in [-0.1, -0.05) is 23.4 Å². The highest BCUT2D eigenvalue weighted by Gasteiger charge is 2.13. The van der Waals surface area contributed by atoms with Crippen LogP contribution in [0, 0.1) is 0 Å².